The third-order valence-corrected chi connectivity index (χ3v) is 4.98. The molecule has 1 aliphatic heterocycles. The lowest BCUT2D eigenvalue weighted by atomic mass is 9.95. The minimum Gasteiger partial charge on any atom is -0.394 e. The van der Waals surface area contributed by atoms with Gasteiger partial charge in [0, 0.05) is 12.4 Å². The molecule has 5 heteroatoms. The first-order chi connectivity index (χ1) is 11.7. The lowest BCUT2D eigenvalue weighted by Gasteiger charge is -2.17. The maximum Gasteiger partial charge on any atom is 0.220 e. The Morgan fingerprint density at radius 1 is 1.04 bits per heavy atom. The van der Waals surface area contributed by atoms with Crippen molar-refractivity contribution in [2.45, 2.75) is 109 Å². The largest absolute Gasteiger partial charge is 0.394 e. The second kappa shape index (κ2) is 13.7. The molecule has 0 saturated carbocycles. The van der Waals surface area contributed by atoms with E-state index in [2.05, 4.69) is 12.2 Å². The van der Waals surface area contributed by atoms with E-state index in [1.165, 1.54) is 57.8 Å². The lowest BCUT2D eigenvalue weighted by Crippen LogP contribution is -2.41. The minimum absolute atomic E-state index is 0.0201. The van der Waals surface area contributed by atoms with E-state index in [9.17, 15) is 9.90 Å². The van der Waals surface area contributed by atoms with Crippen molar-refractivity contribution in [3.05, 3.63) is 0 Å². The van der Waals surface area contributed by atoms with Crippen LogP contribution in [0.1, 0.15) is 90.4 Å². The van der Waals surface area contributed by atoms with Crippen molar-refractivity contribution >= 4 is 13.8 Å². The molecule has 1 aliphatic rings. The molecule has 0 aromatic carbocycles. The molecule has 0 aromatic heterocycles. The molecule has 0 aliphatic carbocycles. The van der Waals surface area contributed by atoms with Gasteiger partial charge in [-0.05, 0) is 12.8 Å². The first-order valence-electron chi connectivity index (χ1n) is 10.2. The Hall–Kier alpha value is -0.545. The molecule has 1 unspecified atom stereocenters. The number of hydrogen-bond acceptors (Lipinski definition) is 3. The topological polar surface area (TPSA) is 58.6 Å². The van der Waals surface area contributed by atoms with Gasteiger partial charge >= 0.3 is 0 Å². The van der Waals surface area contributed by atoms with Gasteiger partial charge < -0.3 is 15.2 Å². The van der Waals surface area contributed by atoms with E-state index in [1.54, 1.807) is 0 Å². The van der Waals surface area contributed by atoms with Gasteiger partial charge in [-0.2, -0.15) is 0 Å². The summed E-state index contributed by atoms with van der Waals surface area (Å²) in [5.74, 6) is 0.104. The van der Waals surface area contributed by atoms with E-state index in [1.807, 2.05) is 7.85 Å². The Morgan fingerprint density at radius 2 is 1.58 bits per heavy atom. The van der Waals surface area contributed by atoms with Gasteiger partial charge in [-0.3, -0.25) is 4.79 Å². The molecule has 140 valence electrons. The fraction of sp³-hybridized carbons (Fsp3) is 0.947. The molecule has 1 amide bonds. The highest BCUT2D eigenvalue weighted by atomic mass is 16.5. The van der Waals surface area contributed by atoms with Gasteiger partial charge in [0.1, 0.15) is 14.0 Å². The standard InChI is InChI=1S/C19H38BNO3/c1-2-3-4-5-6-7-8-9-10-11-12-13-19(23)21-16-14-18(20)24-17(16)15-22/h16-18,22H,2-15,20H2,1H3,(H,21,23)/t16?,17-,18-/m1/s1. The number of carbonyl (C=O) groups excluding carboxylic acids is 1. The number of amides is 1. The number of aliphatic hydroxyl groups excluding tert-OH is 1. The second-order valence-corrected chi connectivity index (χ2v) is 7.36. The summed E-state index contributed by atoms with van der Waals surface area (Å²) in [5, 5.41) is 12.3. The zero-order chi connectivity index (χ0) is 17.6. The Morgan fingerprint density at radius 3 is 2.12 bits per heavy atom. The predicted molar refractivity (Wildman–Crippen MR) is 102 cm³/mol. The van der Waals surface area contributed by atoms with Crippen molar-refractivity contribution in [1.82, 2.24) is 5.32 Å². The highest BCUT2D eigenvalue weighted by Gasteiger charge is 2.32. The SMILES string of the molecule is B[C@H]1CC(NC(=O)CCCCCCCCCCCCC)[C@@H](CO)O1. The van der Waals surface area contributed by atoms with Crippen LogP contribution in [0, 0.1) is 0 Å². The third-order valence-electron chi connectivity index (χ3n) is 4.98. The Balaban J connectivity index is 1.91. The average Bonchev–Trinajstić information content (AvgIpc) is 2.92. The zero-order valence-electron chi connectivity index (χ0n) is 15.9. The molecule has 0 bridgehead atoms. The van der Waals surface area contributed by atoms with E-state index in [0.29, 0.717) is 6.42 Å². The first-order valence-corrected chi connectivity index (χ1v) is 10.2. The normalized spacial score (nSPS) is 23.5. The van der Waals surface area contributed by atoms with Gasteiger partial charge in [0.05, 0.1) is 12.6 Å². The van der Waals surface area contributed by atoms with Crippen molar-refractivity contribution in [2.24, 2.45) is 0 Å². The van der Waals surface area contributed by atoms with Crippen LogP contribution in [0.2, 0.25) is 0 Å². The van der Waals surface area contributed by atoms with Gasteiger partial charge in [-0.25, -0.2) is 0 Å². The summed E-state index contributed by atoms with van der Waals surface area (Å²) in [6.07, 6.45) is 15.4. The third kappa shape index (κ3) is 9.68. The summed E-state index contributed by atoms with van der Waals surface area (Å²) in [4.78, 5) is 12.0. The summed E-state index contributed by atoms with van der Waals surface area (Å²) in [5.41, 5.74) is 0. The van der Waals surface area contributed by atoms with Gasteiger partial charge in [-0.15, -0.1) is 0 Å². The summed E-state index contributed by atoms with van der Waals surface area (Å²) in [6, 6.07) is 0.0969. The van der Waals surface area contributed by atoms with Crippen LogP contribution >= 0.6 is 0 Å². The number of rotatable bonds is 14. The molecular formula is C19H38BNO3. The highest BCUT2D eigenvalue weighted by Crippen LogP contribution is 2.18. The number of unbranched alkanes of at least 4 members (excludes halogenated alkanes) is 10. The fourth-order valence-corrected chi connectivity index (χ4v) is 3.51. The van der Waals surface area contributed by atoms with E-state index >= 15 is 0 Å². The van der Waals surface area contributed by atoms with E-state index < -0.39 is 0 Å². The van der Waals surface area contributed by atoms with Crippen LogP contribution in [-0.4, -0.2) is 43.6 Å². The van der Waals surface area contributed by atoms with Crippen LogP contribution < -0.4 is 5.32 Å². The number of carbonyl (C=O) groups is 1. The quantitative estimate of drug-likeness (QED) is 0.378. The monoisotopic (exact) mass is 339 g/mol. The minimum atomic E-state index is -0.235. The molecule has 24 heavy (non-hydrogen) atoms. The van der Waals surface area contributed by atoms with Gasteiger partial charge in [0.15, 0.2) is 0 Å². The Bertz CT molecular complexity index is 328. The van der Waals surface area contributed by atoms with Crippen LogP contribution in [0.3, 0.4) is 0 Å². The molecule has 3 atom stereocenters. The van der Waals surface area contributed by atoms with E-state index in [0.717, 1.165) is 19.3 Å². The molecule has 1 saturated heterocycles. The summed E-state index contributed by atoms with van der Waals surface area (Å²) in [6.45, 7) is 2.24. The molecule has 0 spiro atoms. The molecule has 1 fully saturated rings. The maximum atomic E-state index is 12.0. The lowest BCUT2D eigenvalue weighted by molar-refractivity contribution is -0.122. The van der Waals surface area contributed by atoms with Gasteiger partial charge in [-0.1, -0.05) is 71.1 Å². The van der Waals surface area contributed by atoms with Crippen molar-refractivity contribution in [3.63, 3.8) is 0 Å². The zero-order valence-corrected chi connectivity index (χ0v) is 15.9. The second-order valence-electron chi connectivity index (χ2n) is 7.36. The van der Waals surface area contributed by atoms with Crippen molar-refractivity contribution in [3.8, 4) is 0 Å². The Kier molecular flexibility index (Phi) is 12.3. The number of hydrogen-bond donors (Lipinski definition) is 2. The number of aliphatic hydroxyl groups is 1. The average molecular weight is 339 g/mol. The summed E-state index contributed by atoms with van der Waals surface area (Å²) < 4.78 is 5.57. The van der Waals surface area contributed by atoms with Crippen LogP contribution in [0.15, 0.2) is 0 Å². The predicted octanol–water partition coefficient (Wildman–Crippen LogP) is 2.91. The van der Waals surface area contributed by atoms with Crippen molar-refractivity contribution < 1.29 is 14.6 Å². The first kappa shape index (κ1) is 21.5. The molecular weight excluding hydrogens is 301 g/mol. The molecule has 0 radical (unpaired) electrons. The van der Waals surface area contributed by atoms with E-state index in [-0.39, 0.29) is 30.7 Å². The van der Waals surface area contributed by atoms with Gasteiger partial charge in [0.25, 0.3) is 0 Å². The van der Waals surface area contributed by atoms with Crippen LogP contribution in [0.5, 0.6) is 0 Å². The van der Waals surface area contributed by atoms with Crippen LogP contribution in [0.25, 0.3) is 0 Å². The van der Waals surface area contributed by atoms with E-state index in [4.69, 9.17) is 4.74 Å². The molecule has 0 aromatic rings. The van der Waals surface area contributed by atoms with Crippen molar-refractivity contribution in [1.29, 1.82) is 0 Å². The molecule has 1 heterocycles. The van der Waals surface area contributed by atoms with Crippen molar-refractivity contribution in [2.75, 3.05) is 6.61 Å². The van der Waals surface area contributed by atoms with Gasteiger partial charge in [0.2, 0.25) is 5.91 Å². The highest BCUT2D eigenvalue weighted by molar-refractivity contribution is 6.11. The maximum absolute atomic E-state index is 12.0. The number of nitrogens with one attached hydrogen (secondary N) is 1. The Labute approximate surface area is 149 Å². The number of ether oxygens (including phenoxy) is 1. The summed E-state index contributed by atoms with van der Waals surface area (Å²) in [7, 11) is 1.98. The molecule has 4 nitrogen and oxygen atoms in total. The fourth-order valence-electron chi connectivity index (χ4n) is 3.51. The van der Waals surface area contributed by atoms with Crippen LogP contribution in [0.4, 0.5) is 0 Å². The molecule has 2 N–H and O–H groups in total. The smallest absolute Gasteiger partial charge is 0.220 e. The van der Waals surface area contributed by atoms with Crippen LogP contribution in [-0.2, 0) is 9.53 Å². The molecule has 1 rings (SSSR count). The summed E-state index contributed by atoms with van der Waals surface area (Å²) >= 11 is 0.